The van der Waals surface area contributed by atoms with E-state index in [9.17, 15) is 18.0 Å². The van der Waals surface area contributed by atoms with Gasteiger partial charge < -0.3 is 13.7 Å². The maximum absolute atomic E-state index is 13.2. The Morgan fingerprint density at radius 2 is 1.96 bits per heavy atom. The molecule has 28 heavy (non-hydrogen) atoms. The number of sulfone groups is 1. The predicted octanol–water partition coefficient (Wildman–Crippen LogP) is 2.98. The van der Waals surface area contributed by atoms with E-state index in [4.69, 9.17) is 8.83 Å². The van der Waals surface area contributed by atoms with Gasteiger partial charge in [-0.3, -0.25) is 4.79 Å². The predicted molar refractivity (Wildman–Crippen MR) is 106 cm³/mol. The Morgan fingerprint density at radius 3 is 2.64 bits per heavy atom. The Kier molecular flexibility index (Phi) is 4.88. The van der Waals surface area contributed by atoms with Gasteiger partial charge in [-0.25, -0.2) is 13.2 Å². The third-order valence-electron chi connectivity index (χ3n) is 4.74. The average Bonchev–Trinajstić information content (AvgIpc) is 3.23. The molecule has 1 saturated heterocycles. The Hall–Kier alpha value is -2.39. The number of hydrogen-bond acceptors (Lipinski definition) is 6. The van der Waals surface area contributed by atoms with Gasteiger partial charge in [0.15, 0.2) is 14.5 Å². The van der Waals surface area contributed by atoms with Crippen molar-refractivity contribution >= 4 is 42.6 Å². The van der Waals surface area contributed by atoms with Crippen molar-refractivity contribution in [3.05, 3.63) is 68.9 Å². The van der Waals surface area contributed by atoms with Crippen LogP contribution in [0.3, 0.4) is 0 Å². The van der Waals surface area contributed by atoms with Gasteiger partial charge >= 0.3 is 5.63 Å². The molecule has 7 nitrogen and oxygen atoms in total. The van der Waals surface area contributed by atoms with E-state index < -0.39 is 27.4 Å². The van der Waals surface area contributed by atoms with Crippen LogP contribution < -0.4 is 5.63 Å². The average molecular weight is 466 g/mol. The van der Waals surface area contributed by atoms with Crippen molar-refractivity contribution in [2.45, 2.75) is 19.0 Å². The second kappa shape index (κ2) is 7.21. The van der Waals surface area contributed by atoms with Crippen LogP contribution in [0.25, 0.3) is 11.0 Å². The van der Waals surface area contributed by atoms with Gasteiger partial charge in [0.2, 0.25) is 0 Å². The number of carbonyl (C=O) groups excluding carboxylic acids is 1. The summed E-state index contributed by atoms with van der Waals surface area (Å²) in [6.45, 7) is 0.0525. The minimum Gasteiger partial charge on any atom is -0.452 e. The highest BCUT2D eigenvalue weighted by Crippen LogP contribution is 2.24. The number of benzene rings is 1. The summed E-state index contributed by atoms with van der Waals surface area (Å²) < 4.78 is 35.2. The zero-order valence-electron chi connectivity index (χ0n) is 14.6. The van der Waals surface area contributed by atoms with E-state index in [2.05, 4.69) is 15.9 Å². The molecule has 146 valence electrons. The summed E-state index contributed by atoms with van der Waals surface area (Å²) in [5, 5.41) is 0.616. The van der Waals surface area contributed by atoms with E-state index >= 15 is 0 Å². The van der Waals surface area contributed by atoms with Crippen molar-refractivity contribution < 1.29 is 22.0 Å². The van der Waals surface area contributed by atoms with Crippen LogP contribution in [0.15, 0.2) is 60.8 Å². The van der Waals surface area contributed by atoms with Crippen LogP contribution in [0.4, 0.5) is 0 Å². The summed E-state index contributed by atoms with van der Waals surface area (Å²) in [6.07, 6.45) is 0.314. The molecule has 9 heteroatoms. The van der Waals surface area contributed by atoms with Crippen LogP contribution in [0.2, 0.25) is 0 Å². The van der Waals surface area contributed by atoms with Crippen molar-refractivity contribution in [2.75, 3.05) is 11.5 Å². The van der Waals surface area contributed by atoms with Gasteiger partial charge in [0.05, 0.1) is 18.1 Å². The first-order valence-corrected chi connectivity index (χ1v) is 11.2. The highest BCUT2D eigenvalue weighted by molar-refractivity contribution is 9.10. The van der Waals surface area contributed by atoms with E-state index in [-0.39, 0.29) is 23.6 Å². The molecule has 1 aliphatic heterocycles. The van der Waals surface area contributed by atoms with Gasteiger partial charge in [-0.1, -0.05) is 18.2 Å². The van der Waals surface area contributed by atoms with Gasteiger partial charge in [-0.15, -0.1) is 0 Å². The number of fused-ring (bicyclic) bond motifs is 1. The smallest absolute Gasteiger partial charge is 0.349 e. The van der Waals surface area contributed by atoms with E-state index in [0.29, 0.717) is 27.8 Å². The molecule has 3 heterocycles. The number of carbonyl (C=O) groups is 1. The first kappa shape index (κ1) is 18.9. The van der Waals surface area contributed by atoms with Gasteiger partial charge in [0.1, 0.15) is 16.9 Å². The molecule has 0 spiro atoms. The van der Waals surface area contributed by atoms with Crippen LogP contribution in [-0.2, 0) is 16.4 Å². The molecule has 4 rings (SSSR count). The lowest BCUT2D eigenvalue weighted by Crippen LogP contribution is -2.42. The molecule has 1 unspecified atom stereocenters. The fraction of sp³-hybridized carbons (Fsp3) is 0.263. The van der Waals surface area contributed by atoms with Gasteiger partial charge in [-0.05, 0) is 46.6 Å². The number of halogens is 1. The highest BCUT2D eigenvalue weighted by atomic mass is 79.9. The lowest BCUT2D eigenvalue weighted by molar-refractivity contribution is 0.0661. The lowest BCUT2D eigenvalue weighted by atomic mass is 10.1. The first-order chi connectivity index (χ1) is 13.3. The summed E-state index contributed by atoms with van der Waals surface area (Å²) in [7, 11) is -3.22. The summed E-state index contributed by atoms with van der Waals surface area (Å²) in [5.41, 5.74) is -0.502. The maximum atomic E-state index is 13.2. The third-order valence-corrected chi connectivity index (χ3v) is 6.91. The van der Waals surface area contributed by atoms with Crippen molar-refractivity contribution in [2.24, 2.45) is 0 Å². The molecule has 1 aliphatic rings. The molecule has 1 fully saturated rings. The standard InChI is InChI=1S/C19H16BrNO6S/c20-17-6-5-14(26-17)10-21(13-7-8-28(24,25)11-13)18(22)15-9-12-3-1-2-4-16(12)27-19(15)23/h1-6,9,13H,7-8,10-11H2. The van der Waals surface area contributed by atoms with Gasteiger partial charge in [0, 0.05) is 11.4 Å². The summed E-state index contributed by atoms with van der Waals surface area (Å²) in [4.78, 5) is 27.0. The Labute approximate surface area is 169 Å². The third kappa shape index (κ3) is 3.77. The molecule has 2 aromatic heterocycles. The molecular weight excluding hydrogens is 450 g/mol. The number of hydrogen-bond donors (Lipinski definition) is 0. The molecule has 0 N–H and O–H groups in total. The van der Waals surface area contributed by atoms with Crippen molar-refractivity contribution in [1.82, 2.24) is 4.90 Å². The largest absolute Gasteiger partial charge is 0.452 e. The van der Waals surface area contributed by atoms with Crippen LogP contribution >= 0.6 is 15.9 Å². The summed E-state index contributed by atoms with van der Waals surface area (Å²) in [6, 6.07) is 11.2. The van der Waals surface area contributed by atoms with E-state index in [1.165, 1.54) is 11.0 Å². The molecule has 1 amide bonds. The van der Waals surface area contributed by atoms with Crippen molar-refractivity contribution in [3.8, 4) is 0 Å². The van der Waals surface area contributed by atoms with Crippen molar-refractivity contribution in [1.29, 1.82) is 0 Å². The molecule has 1 aromatic carbocycles. The van der Waals surface area contributed by atoms with Gasteiger partial charge in [-0.2, -0.15) is 0 Å². The Morgan fingerprint density at radius 1 is 1.18 bits per heavy atom. The molecule has 0 radical (unpaired) electrons. The minimum absolute atomic E-state index is 0.00955. The zero-order valence-corrected chi connectivity index (χ0v) is 17.0. The number of nitrogens with zero attached hydrogens (tertiary/aromatic N) is 1. The Balaban J connectivity index is 1.74. The lowest BCUT2D eigenvalue weighted by Gasteiger charge is -2.27. The molecular formula is C19H16BrNO6S. The highest BCUT2D eigenvalue weighted by Gasteiger charge is 2.36. The SMILES string of the molecule is O=C(c1cc2ccccc2oc1=O)N(Cc1ccc(Br)o1)C1CCS(=O)(=O)C1. The summed E-state index contributed by atoms with van der Waals surface area (Å²) >= 11 is 3.21. The first-order valence-electron chi connectivity index (χ1n) is 8.61. The molecule has 3 aromatic rings. The quantitative estimate of drug-likeness (QED) is 0.549. The molecule has 0 bridgehead atoms. The zero-order chi connectivity index (χ0) is 19.9. The second-order valence-corrected chi connectivity index (χ2v) is 9.69. The monoisotopic (exact) mass is 465 g/mol. The van der Waals surface area contributed by atoms with Crippen LogP contribution in [0.1, 0.15) is 22.5 Å². The fourth-order valence-corrected chi connectivity index (χ4v) is 5.43. The number of rotatable bonds is 4. The van der Waals surface area contributed by atoms with E-state index in [0.717, 1.165) is 0 Å². The van der Waals surface area contributed by atoms with E-state index in [1.807, 2.05) is 0 Å². The van der Waals surface area contributed by atoms with Gasteiger partial charge in [0.25, 0.3) is 5.91 Å². The Bertz CT molecular complexity index is 1210. The topological polar surface area (TPSA) is 97.8 Å². The number of amides is 1. The molecule has 1 atom stereocenters. The summed E-state index contributed by atoms with van der Waals surface area (Å²) in [5.74, 6) is -0.223. The number of furan rings is 1. The van der Waals surface area contributed by atoms with Crippen molar-refractivity contribution in [3.63, 3.8) is 0 Å². The van der Waals surface area contributed by atoms with Crippen LogP contribution in [0.5, 0.6) is 0 Å². The normalized spacial score (nSPS) is 18.4. The fourth-order valence-electron chi connectivity index (χ4n) is 3.36. The van der Waals surface area contributed by atoms with E-state index in [1.54, 1.807) is 36.4 Å². The molecule has 0 aliphatic carbocycles. The molecule has 0 saturated carbocycles. The van der Waals surface area contributed by atoms with Crippen LogP contribution in [0, 0.1) is 0 Å². The number of para-hydroxylation sites is 1. The van der Waals surface area contributed by atoms with Crippen LogP contribution in [-0.4, -0.2) is 36.8 Å². The maximum Gasteiger partial charge on any atom is 0.349 e. The minimum atomic E-state index is -3.22. The second-order valence-electron chi connectivity index (χ2n) is 6.68.